The van der Waals surface area contributed by atoms with E-state index in [2.05, 4.69) is 15.5 Å². The van der Waals surface area contributed by atoms with Crippen molar-refractivity contribution in [3.05, 3.63) is 47.1 Å². The summed E-state index contributed by atoms with van der Waals surface area (Å²) in [5.41, 5.74) is 1.11. The van der Waals surface area contributed by atoms with Gasteiger partial charge in [-0.05, 0) is 38.1 Å². The van der Waals surface area contributed by atoms with Gasteiger partial charge in [-0.3, -0.25) is 4.79 Å². The van der Waals surface area contributed by atoms with E-state index in [0.717, 1.165) is 11.8 Å². The molecule has 0 bridgehead atoms. The van der Waals surface area contributed by atoms with Gasteiger partial charge in [-0.25, -0.2) is 4.39 Å². The molecule has 3 rings (SSSR count). The second-order valence-corrected chi connectivity index (χ2v) is 6.84. The number of hydrogen-bond acceptors (Lipinski definition) is 6. The number of benzene rings is 1. The third-order valence-electron chi connectivity index (χ3n) is 3.33. The Bertz CT molecular complexity index is 912. The van der Waals surface area contributed by atoms with Crippen molar-refractivity contribution in [3.63, 3.8) is 0 Å². The van der Waals surface area contributed by atoms with Gasteiger partial charge in [-0.1, -0.05) is 23.4 Å². The number of amides is 1. The van der Waals surface area contributed by atoms with Crippen LogP contribution in [0.15, 0.2) is 44.6 Å². The Morgan fingerprint density at radius 3 is 2.84 bits per heavy atom. The Labute approximate surface area is 151 Å². The molecule has 25 heavy (non-hydrogen) atoms. The zero-order valence-electron chi connectivity index (χ0n) is 13.2. The molecule has 0 aliphatic carbocycles. The highest BCUT2D eigenvalue weighted by molar-refractivity contribution is 8.00. The number of carbonyl (C=O) groups excluding carboxylic acids is 1. The Hall–Kier alpha value is -2.32. The first-order valence-electron chi connectivity index (χ1n) is 7.24. The van der Waals surface area contributed by atoms with Gasteiger partial charge in [0.25, 0.3) is 11.1 Å². The summed E-state index contributed by atoms with van der Waals surface area (Å²) in [4.78, 5) is 12.2. The molecule has 2 aromatic heterocycles. The summed E-state index contributed by atoms with van der Waals surface area (Å²) in [5, 5.41) is 10.2. The minimum absolute atomic E-state index is 0.0601. The number of anilines is 1. The third kappa shape index (κ3) is 4.02. The molecule has 3 aromatic rings. The van der Waals surface area contributed by atoms with Crippen molar-refractivity contribution < 1.29 is 18.0 Å². The van der Waals surface area contributed by atoms with Crippen LogP contribution in [0.3, 0.4) is 0 Å². The van der Waals surface area contributed by atoms with Gasteiger partial charge < -0.3 is 14.2 Å². The lowest BCUT2D eigenvalue weighted by Crippen LogP contribution is -2.22. The van der Waals surface area contributed by atoms with Crippen LogP contribution in [0.5, 0.6) is 0 Å². The first-order chi connectivity index (χ1) is 11.9. The van der Waals surface area contributed by atoms with Gasteiger partial charge in [0, 0.05) is 5.69 Å². The zero-order valence-corrected chi connectivity index (χ0v) is 14.8. The van der Waals surface area contributed by atoms with Crippen molar-refractivity contribution in [1.29, 1.82) is 0 Å². The second kappa shape index (κ2) is 7.28. The molecule has 9 heteroatoms. The van der Waals surface area contributed by atoms with Crippen LogP contribution in [0, 0.1) is 12.7 Å². The Kier molecular flexibility index (Phi) is 5.10. The van der Waals surface area contributed by atoms with Crippen LogP contribution in [0.4, 0.5) is 10.1 Å². The zero-order chi connectivity index (χ0) is 18.0. The summed E-state index contributed by atoms with van der Waals surface area (Å²) in [5.74, 6) is 0.146. The van der Waals surface area contributed by atoms with Crippen LogP contribution < -0.4 is 5.32 Å². The number of halogens is 2. The number of thioether (sulfide) groups is 1. The number of hydrogen-bond donors (Lipinski definition) is 1. The monoisotopic (exact) mass is 381 g/mol. The highest BCUT2D eigenvalue weighted by atomic mass is 35.5. The van der Waals surface area contributed by atoms with E-state index in [1.807, 2.05) is 0 Å². The fourth-order valence-corrected chi connectivity index (χ4v) is 2.86. The molecule has 0 saturated heterocycles. The number of furan rings is 1. The van der Waals surface area contributed by atoms with Crippen LogP contribution >= 0.6 is 23.4 Å². The van der Waals surface area contributed by atoms with Crippen molar-refractivity contribution in [2.45, 2.75) is 24.3 Å². The van der Waals surface area contributed by atoms with Crippen LogP contribution in [-0.4, -0.2) is 21.4 Å². The molecule has 1 atom stereocenters. The smallest absolute Gasteiger partial charge is 0.277 e. The van der Waals surface area contributed by atoms with Gasteiger partial charge in [0.2, 0.25) is 5.91 Å². The Balaban J connectivity index is 1.64. The van der Waals surface area contributed by atoms with Crippen molar-refractivity contribution >= 4 is 35.0 Å². The molecule has 0 aliphatic rings. The van der Waals surface area contributed by atoms with E-state index in [4.69, 9.17) is 20.4 Å². The van der Waals surface area contributed by atoms with Gasteiger partial charge in [-0.15, -0.1) is 10.2 Å². The number of carbonyl (C=O) groups is 1. The van der Waals surface area contributed by atoms with E-state index in [9.17, 15) is 9.18 Å². The first-order valence-corrected chi connectivity index (χ1v) is 8.50. The van der Waals surface area contributed by atoms with E-state index in [1.54, 1.807) is 19.9 Å². The summed E-state index contributed by atoms with van der Waals surface area (Å²) < 4.78 is 23.9. The van der Waals surface area contributed by atoms with Gasteiger partial charge in [-0.2, -0.15) is 0 Å². The quantitative estimate of drug-likeness (QED) is 0.653. The van der Waals surface area contributed by atoms with Crippen LogP contribution in [0.1, 0.15) is 12.7 Å². The van der Waals surface area contributed by atoms with Crippen LogP contribution in [-0.2, 0) is 4.79 Å². The molecule has 0 fully saturated rings. The lowest BCUT2D eigenvalue weighted by Gasteiger charge is -2.10. The molecule has 0 aliphatic heterocycles. The minimum atomic E-state index is -0.546. The number of rotatable bonds is 5. The van der Waals surface area contributed by atoms with E-state index < -0.39 is 11.1 Å². The molecule has 1 N–H and O–H groups in total. The standard InChI is InChI=1S/C16H13ClFN3O3S/c1-8-11(5-6-23-8)15-20-21-16(24-15)25-9(2)14(22)19-10-3-4-13(18)12(17)7-10/h3-7,9H,1-2H3,(H,19,22)/t9-/m1/s1. The van der Waals surface area contributed by atoms with Crippen LogP contribution in [0.25, 0.3) is 11.5 Å². The normalized spacial score (nSPS) is 12.2. The van der Waals surface area contributed by atoms with Crippen molar-refractivity contribution in [1.82, 2.24) is 10.2 Å². The highest BCUT2D eigenvalue weighted by Crippen LogP contribution is 2.29. The maximum Gasteiger partial charge on any atom is 0.277 e. The number of nitrogens with zero attached hydrogens (tertiary/aromatic N) is 2. The van der Waals surface area contributed by atoms with Crippen molar-refractivity contribution in [3.8, 4) is 11.5 Å². The van der Waals surface area contributed by atoms with Gasteiger partial charge >= 0.3 is 0 Å². The number of aryl methyl sites for hydroxylation is 1. The molecule has 0 unspecified atom stereocenters. The topological polar surface area (TPSA) is 81.2 Å². The predicted molar refractivity (Wildman–Crippen MR) is 92.1 cm³/mol. The second-order valence-electron chi connectivity index (χ2n) is 5.14. The summed E-state index contributed by atoms with van der Waals surface area (Å²) in [6.45, 7) is 3.48. The van der Waals surface area contributed by atoms with E-state index in [1.165, 1.54) is 24.5 Å². The van der Waals surface area contributed by atoms with E-state index >= 15 is 0 Å². The van der Waals surface area contributed by atoms with Crippen molar-refractivity contribution in [2.75, 3.05) is 5.32 Å². The number of aromatic nitrogens is 2. The van der Waals surface area contributed by atoms with Gasteiger partial charge in [0.15, 0.2) is 0 Å². The van der Waals surface area contributed by atoms with E-state index in [-0.39, 0.29) is 16.2 Å². The molecular weight excluding hydrogens is 369 g/mol. The first kappa shape index (κ1) is 17.5. The summed E-state index contributed by atoms with van der Waals surface area (Å²) >= 11 is 6.81. The lowest BCUT2D eigenvalue weighted by molar-refractivity contribution is -0.115. The molecule has 0 spiro atoms. The maximum absolute atomic E-state index is 13.1. The minimum Gasteiger partial charge on any atom is -0.469 e. The molecule has 1 amide bonds. The summed E-state index contributed by atoms with van der Waals surface area (Å²) in [7, 11) is 0. The summed E-state index contributed by atoms with van der Waals surface area (Å²) in [6.07, 6.45) is 1.53. The Morgan fingerprint density at radius 1 is 1.36 bits per heavy atom. The third-order valence-corrected chi connectivity index (χ3v) is 4.55. The average molecular weight is 382 g/mol. The fraction of sp³-hybridized carbons (Fsp3) is 0.188. The highest BCUT2D eigenvalue weighted by Gasteiger charge is 2.20. The molecular formula is C16H13ClFN3O3S. The van der Waals surface area contributed by atoms with Gasteiger partial charge in [0.05, 0.1) is 22.1 Å². The van der Waals surface area contributed by atoms with Crippen molar-refractivity contribution in [2.24, 2.45) is 0 Å². The number of nitrogens with one attached hydrogen (secondary N) is 1. The molecule has 130 valence electrons. The largest absolute Gasteiger partial charge is 0.469 e. The SMILES string of the molecule is Cc1occc1-c1nnc(S[C@H](C)C(=O)Nc2ccc(F)c(Cl)c2)o1. The Morgan fingerprint density at radius 2 is 2.16 bits per heavy atom. The fourth-order valence-electron chi connectivity index (χ4n) is 2.00. The van der Waals surface area contributed by atoms with Crippen LogP contribution in [0.2, 0.25) is 5.02 Å². The van der Waals surface area contributed by atoms with Gasteiger partial charge in [0.1, 0.15) is 11.6 Å². The molecule has 6 nitrogen and oxygen atoms in total. The predicted octanol–water partition coefficient (Wildman–Crippen LogP) is 4.55. The molecule has 1 aromatic carbocycles. The molecule has 0 saturated carbocycles. The lowest BCUT2D eigenvalue weighted by atomic mass is 10.3. The average Bonchev–Trinajstić information content (AvgIpc) is 3.19. The maximum atomic E-state index is 13.1. The van der Waals surface area contributed by atoms with E-state index in [0.29, 0.717) is 22.9 Å². The molecule has 0 radical (unpaired) electrons. The summed E-state index contributed by atoms with van der Waals surface area (Å²) in [6, 6.07) is 5.70. The molecule has 2 heterocycles.